The molecule has 112 valence electrons. The van der Waals surface area contributed by atoms with Crippen LogP contribution in [-0.4, -0.2) is 37.0 Å². The van der Waals surface area contributed by atoms with E-state index in [4.69, 9.17) is 0 Å². The van der Waals surface area contributed by atoms with Gasteiger partial charge in [0.25, 0.3) is 0 Å². The van der Waals surface area contributed by atoms with Crippen molar-refractivity contribution in [2.45, 2.75) is 31.7 Å². The average molecular weight is 301 g/mol. The van der Waals surface area contributed by atoms with Gasteiger partial charge in [-0.25, -0.2) is 4.39 Å². The summed E-state index contributed by atoms with van der Waals surface area (Å²) >= 11 is 0. The fraction of sp³-hybridized carbons (Fsp3) is 0.533. The molecule has 5 heteroatoms. The van der Waals surface area contributed by atoms with Crippen molar-refractivity contribution >= 4 is 18.3 Å². The van der Waals surface area contributed by atoms with Crippen LogP contribution in [0.15, 0.2) is 24.3 Å². The third-order valence-corrected chi connectivity index (χ3v) is 3.73. The molecule has 0 radical (unpaired) electrons. The van der Waals surface area contributed by atoms with Gasteiger partial charge in [0.1, 0.15) is 5.82 Å². The highest BCUT2D eigenvalue weighted by molar-refractivity contribution is 5.85. The Morgan fingerprint density at radius 3 is 2.95 bits per heavy atom. The summed E-state index contributed by atoms with van der Waals surface area (Å²) in [6.45, 7) is 1.99. The molecule has 1 atom stereocenters. The van der Waals surface area contributed by atoms with Crippen molar-refractivity contribution in [3.8, 4) is 0 Å². The zero-order valence-electron chi connectivity index (χ0n) is 11.8. The number of nitrogens with zero attached hydrogens (tertiary/aromatic N) is 1. The van der Waals surface area contributed by atoms with Crippen molar-refractivity contribution in [1.29, 1.82) is 0 Å². The van der Waals surface area contributed by atoms with Gasteiger partial charge < -0.3 is 10.2 Å². The zero-order chi connectivity index (χ0) is 13.7. The highest BCUT2D eigenvalue weighted by Gasteiger charge is 2.21. The summed E-state index contributed by atoms with van der Waals surface area (Å²) in [6, 6.07) is 6.57. The Balaban J connectivity index is 0.00000200. The molecule has 1 heterocycles. The summed E-state index contributed by atoms with van der Waals surface area (Å²) in [4.78, 5) is 14.0. The highest BCUT2D eigenvalue weighted by atomic mass is 35.5. The number of amides is 1. The fourth-order valence-corrected chi connectivity index (χ4v) is 2.54. The maximum atomic E-state index is 13.1. The molecular formula is C15H22ClFN2O. The van der Waals surface area contributed by atoms with E-state index in [0.29, 0.717) is 6.04 Å². The summed E-state index contributed by atoms with van der Waals surface area (Å²) < 4.78 is 13.1. The number of likely N-dealkylation sites (N-methyl/N-ethyl adjacent to an activating group) is 1. The minimum absolute atomic E-state index is 0. The van der Waals surface area contributed by atoms with Gasteiger partial charge in [-0.05, 0) is 50.0 Å². The summed E-state index contributed by atoms with van der Waals surface area (Å²) in [5.41, 5.74) is 0.739. The molecule has 1 unspecified atom stereocenters. The lowest BCUT2D eigenvalue weighted by Gasteiger charge is -2.27. The third-order valence-electron chi connectivity index (χ3n) is 3.73. The predicted octanol–water partition coefficient (Wildman–Crippen LogP) is 2.39. The number of nitrogens with one attached hydrogen (secondary N) is 1. The minimum Gasteiger partial charge on any atom is -0.342 e. The SMILES string of the molecule is CN(C(=O)Cc1cccc(F)c1)C1CCCNCC1.Cl. The van der Waals surface area contributed by atoms with Gasteiger partial charge in [0.15, 0.2) is 0 Å². The molecule has 1 N–H and O–H groups in total. The maximum Gasteiger partial charge on any atom is 0.226 e. The van der Waals surface area contributed by atoms with E-state index in [0.717, 1.165) is 37.9 Å². The van der Waals surface area contributed by atoms with Crippen LogP contribution >= 0.6 is 12.4 Å². The van der Waals surface area contributed by atoms with E-state index in [1.807, 2.05) is 11.9 Å². The summed E-state index contributed by atoms with van der Waals surface area (Å²) in [5, 5.41) is 3.34. The quantitative estimate of drug-likeness (QED) is 0.929. The van der Waals surface area contributed by atoms with E-state index >= 15 is 0 Å². The van der Waals surface area contributed by atoms with Crippen LogP contribution in [0.25, 0.3) is 0 Å². The van der Waals surface area contributed by atoms with Crippen LogP contribution in [0.2, 0.25) is 0 Å². The lowest BCUT2D eigenvalue weighted by atomic mass is 10.1. The number of halogens is 2. The van der Waals surface area contributed by atoms with Crippen LogP contribution in [0.3, 0.4) is 0 Å². The van der Waals surface area contributed by atoms with E-state index in [2.05, 4.69) is 5.32 Å². The smallest absolute Gasteiger partial charge is 0.226 e. The van der Waals surface area contributed by atoms with Gasteiger partial charge in [0.05, 0.1) is 6.42 Å². The molecule has 1 fully saturated rings. The first-order valence-electron chi connectivity index (χ1n) is 6.87. The van der Waals surface area contributed by atoms with Crippen LogP contribution in [-0.2, 0) is 11.2 Å². The van der Waals surface area contributed by atoms with Crippen LogP contribution < -0.4 is 5.32 Å². The van der Waals surface area contributed by atoms with E-state index in [1.54, 1.807) is 12.1 Å². The molecule has 1 aliphatic rings. The van der Waals surface area contributed by atoms with E-state index in [1.165, 1.54) is 12.1 Å². The predicted molar refractivity (Wildman–Crippen MR) is 80.6 cm³/mol. The highest BCUT2D eigenvalue weighted by Crippen LogP contribution is 2.14. The summed E-state index contributed by atoms with van der Waals surface area (Å²) in [6.07, 6.45) is 3.41. The minimum atomic E-state index is -0.286. The number of carbonyl (C=O) groups excluding carboxylic acids is 1. The molecule has 2 rings (SSSR count). The second-order valence-corrected chi connectivity index (χ2v) is 5.15. The van der Waals surface area contributed by atoms with Gasteiger partial charge in [-0.1, -0.05) is 12.1 Å². The number of benzene rings is 1. The molecule has 0 spiro atoms. The van der Waals surface area contributed by atoms with Gasteiger partial charge in [-0.3, -0.25) is 4.79 Å². The van der Waals surface area contributed by atoms with Gasteiger partial charge in [-0.15, -0.1) is 12.4 Å². The molecule has 0 bridgehead atoms. The van der Waals surface area contributed by atoms with Crippen molar-refractivity contribution in [1.82, 2.24) is 10.2 Å². The molecule has 1 aliphatic heterocycles. The molecule has 1 aromatic rings. The Kier molecular flexibility index (Phi) is 6.96. The Labute approximate surface area is 125 Å². The normalized spacial score (nSPS) is 18.8. The first kappa shape index (κ1) is 16.9. The van der Waals surface area contributed by atoms with Gasteiger partial charge in [0.2, 0.25) is 5.91 Å². The van der Waals surface area contributed by atoms with Crippen molar-refractivity contribution in [3.05, 3.63) is 35.6 Å². The summed E-state index contributed by atoms with van der Waals surface area (Å²) in [7, 11) is 1.86. The lowest BCUT2D eigenvalue weighted by Crippen LogP contribution is -2.38. The molecule has 0 aliphatic carbocycles. The van der Waals surface area contributed by atoms with Gasteiger partial charge in [0, 0.05) is 13.1 Å². The van der Waals surface area contributed by atoms with Crippen molar-refractivity contribution < 1.29 is 9.18 Å². The second-order valence-electron chi connectivity index (χ2n) is 5.15. The monoisotopic (exact) mass is 300 g/mol. The molecule has 1 saturated heterocycles. The summed E-state index contributed by atoms with van der Waals surface area (Å²) in [5.74, 6) is -0.218. The van der Waals surface area contributed by atoms with Crippen LogP contribution in [0, 0.1) is 5.82 Å². The van der Waals surface area contributed by atoms with Gasteiger partial charge >= 0.3 is 0 Å². The zero-order valence-corrected chi connectivity index (χ0v) is 12.6. The van der Waals surface area contributed by atoms with Crippen molar-refractivity contribution in [3.63, 3.8) is 0 Å². The fourth-order valence-electron chi connectivity index (χ4n) is 2.54. The van der Waals surface area contributed by atoms with E-state index in [9.17, 15) is 9.18 Å². The lowest BCUT2D eigenvalue weighted by molar-refractivity contribution is -0.131. The van der Waals surface area contributed by atoms with E-state index < -0.39 is 0 Å². The van der Waals surface area contributed by atoms with Crippen LogP contribution in [0.5, 0.6) is 0 Å². The number of carbonyl (C=O) groups is 1. The third kappa shape index (κ3) is 4.76. The largest absolute Gasteiger partial charge is 0.342 e. The Morgan fingerprint density at radius 2 is 2.20 bits per heavy atom. The number of hydrogen-bond acceptors (Lipinski definition) is 2. The molecule has 1 amide bonds. The molecule has 20 heavy (non-hydrogen) atoms. The number of rotatable bonds is 3. The van der Waals surface area contributed by atoms with Gasteiger partial charge in [-0.2, -0.15) is 0 Å². The number of hydrogen-bond donors (Lipinski definition) is 1. The average Bonchev–Trinajstić information content (AvgIpc) is 2.66. The topological polar surface area (TPSA) is 32.3 Å². The first-order chi connectivity index (χ1) is 9.16. The maximum absolute atomic E-state index is 13.1. The molecule has 0 aromatic heterocycles. The van der Waals surface area contributed by atoms with Crippen molar-refractivity contribution in [2.75, 3.05) is 20.1 Å². The van der Waals surface area contributed by atoms with Crippen molar-refractivity contribution in [2.24, 2.45) is 0 Å². The Bertz CT molecular complexity index is 434. The first-order valence-corrected chi connectivity index (χ1v) is 6.87. The van der Waals surface area contributed by atoms with Crippen LogP contribution in [0.1, 0.15) is 24.8 Å². The van der Waals surface area contributed by atoms with E-state index in [-0.39, 0.29) is 30.6 Å². The second kappa shape index (κ2) is 8.22. The standard InChI is InChI=1S/C15H21FN2O.ClH/c1-18(14-6-3-8-17-9-7-14)15(19)11-12-4-2-5-13(16)10-12;/h2,4-5,10,14,17H,3,6-9,11H2,1H3;1H. The molecule has 1 aromatic carbocycles. The molecule has 3 nitrogen and oxygen atoms in total. The Hall–Kier alpha value is -1.13. The Morgan fingerprint density at radius 1 is 1.40 bits per heavy atom. The molecular weight excluding hydrogens is 279 g/mol. The molecule has 0 saturated carbocycles. The van der Waals surface area contributed by atoms with Crippen LogP contribution in [0.4, 0.5) is 4.39 Å².